The summed E-state index contributed by atoms with van der Waals surface area (Å²) in [6.07, 6.45) is 6.15. The van der Waals surface area contributed by atoms with Crippen LogP contribution in [0.1, 0.15) is 62.3 Å². The third-order valence-corrected chi connectivity index (χ3v) is 4.12. The van der Waals surface area contributed by atoms with Gasteiger partial charge in [-0.3, -0.25) is 0 Å². The lowest BCUT2D eigenvalue weighted by Gasteiger charge is -2.20. The number of hydrogen-bond donors (Lipinski definition) is 1. The molecule has 1 N–H and O–H groups in total. The van der Waals surface area contributed by atoms with Crippen LogP contribution in [0.3, 0.4) is 0 Å². The number of hydrogen-bond acceptors (Lipinski definition) is 6. The molecule has 1 saturated carbocycles. The molecule has 3 heterocycles. The molecule has 2 aromatic rings. The first-order valence-electron chi connectivity index (χ1n) is 6.81. The second-order valence-corrected chi connectivity index (χ2v) is 5.43. The van der Waals surface area contributed by atoms with Gasteiger partial charge in [-0.15, -0.1) is 0 Å². The van der Waals surface area contributed by atoms with Gasteiger partial charge in [-0.2, -0.15) is 10.1 Å². The molecule has 2 aliphatic rings. The second-order valence-electron chi connectivity index (χ2n) is 5.43. The average molecular weight is 260 g/mol. The van der Waals surface area contributed by atoms with Crippen molar-refractivity contribution in [3.63, 3.8) is 0 Å². The van der Waals surface area contributed by atoms with Gasteiger partial charge >= 0.3 is 6.01 Å². The van der Waals surface area contributed by atoms with Crippen molar-refractivity contribution in [2.45, 2.75) is 50.6 Å². The van der Waals surface area contributed by atoms with Gasteiger partial charge in [0.1, 0.15) is 12.2 Å². The highest BCUT2D eigenvalue weighted by Crippen LogP contribution is 2.36. The van der Waals surface area contributed by atoms with E-state index in [4.69, 9.17) is 4.52 Å². The van der Waals surface area contributed by atoms with Gasteiger partial charge < -0.3 is 9.84 Å². The third-order valence-electron chi connectivity index (χ3n) is 4.12. The van der Waals surface area contributed by atoms with E-state index in [-0.39, 0.29) is 6.04 Å². The van der Waals surface area contributed by atoms with E-state index in [2.05, 4.69) is 32.5 Å². The molecule has 2 atom stereocenters. The molecule has 7 nitrogen and oxygen atoms in total. The first kappa shape index (κ1) is 11.0. The van der Waals surface area contributed by atoms with E-state index in [0.29, 0.717) is 18.0 Å². The van der Waals surface area contributed by atoms with Crippen LogP contribution in [0.2, 0.25) is 0 Å². The molecule has 0 amide bonds. The van der Waals surface area contributed by atoms with Crippen LogP contribution in [0, 0.1) is 0 Å². The predicted octanol–water partition coefficient (Wildman–Crippen LogP) is 2.05. The second kappa shape index (κ2) is 4.04. The fraction of sp³-hybridized carbons (Fsp3) is 0.667. The Hall–Kier alpha value is -1.92. The number of rotatable bonds is 3. The highest BCUT2D eigenvalue weighted by atomic mass is 16.5. The van der Waals surface area contributed by atoms with Gasteiger partial charge in [-0.1, -0.05) is 11.6 Å². The van der Waals surface area contributed by atoms with Crippen LogP contribution in [0.15, 0.2) is 10.9 Å². The fourth-order valence-electron chi connectivity index (χ4n) is 2.79. The molecule has 0 bridgehead atoms. The summed E-state index contributed by atoms with van der Waals surface area (Å²) in [5.74, 6) is 2.27. The summed E-state index contributed by atoms with van der Waals surface area (Å²) in [5.41, 5.74) is 0. The minimum absolute atomic E-state index is 0.104. The normalized spacial score (nSPS) is 26.2. The lowest BCUT2D eigenvalue weighted by atomic mass is 9.85. The summed E-state index contributed by atoms with van der Waals surface area (Å²) in [6.45, 7) is 2.13. The van der Waals surface area contributed by atoms with Crippen molar-refractivity contribution in [3.05, 3.63) is 18.0 Å². The largest absolute Gasteiger partial charge is 0.328 e. The highest BCUT2D eigenvalue weighted by Gasteiger charge is 2.32. The third kappa shape index (κ3) is 1.72. The SMILES string of the molecule is CC1CC(Nc2nc(C3CCC3)no2)c2ncnn21. The van der Waals surface area contributed by atoms with Crippen LogP contribution in [-0.2, 0) is 0 Å². The number of anilines is 1. The van der Waals surface area contributed by atoms with Gasteiger partial charge in [0.25, 0.3) is 0 Å². The van der Waals surface area contributed by atoms with Crippen molar-refractivity contribution in [1.82, 2.24) is 24.9 Å². The lowest BCUT2D eigenvalue weighted by molar-refractivity contribution is 0.365. The van der Waals surface area contributed by atoms with Crippen LogP contribution in [0.4, 0.5) is 6.01 Å². The Kier molecular flexibility index (Phi) is 2.33. The minimum atomic E-state index is 0.104. The Balaban J connectivity index is 1.51. The number of nitrogens with zero attached hydrogens (tertiary/aromatic N) is 5. The fourth-order valence-corrected chi connectivity index (χ4v) is 2.79. The summed E-state index contributed by atoms with van der Waals surface area (Å²) in [4.78, 5) is 8.73. The van der Waals surface area contributed by atoms with E-state index in [9.17, 15) is 0 Å². The first-order valence-corrected chi connectivity index (χ1v) is 6.81. The topological polar surface area (TPSA) is 81.7 Å². The Morgan fingerprint density at radius 3 is 3.11 bits per heavy atom. The number of fused-ring (bicyclic) bond motifs is 1. The van der Waals surface area contributed by atoms with E-state index in [0.717, 1.165) is 18.1 Å². The maximum absolute atomic E-state index is 5.28. The Morgan fingerprint density at radius 1 is 1.42 bits per heavy atom. The van der Waals surface area contributed by atoms with Crippen molar-refractivity contribution >= 4 is 6.01 Å². The zero-order valence-corrected chi connectivity index (χ0v) is 10.8. The molecular formula is C12H16N6O. The van der Waals surface area contributed by atoms with E-state index >= 15 is 0 Å². The summed E-state index contributed by atoms with van der Waals surface area (Å²) in [7, 11) is 0. The minimum Gasteiger partial charge on any atom is -0.328 e. The molecule has 2 unspecified atom stereocenters. The molecule has 0 radical (unpaired) electrons. The lowest BCUT2D eigenvalue weighted by Crippen LogP contribution is -2.11. The standard InChI is InChI=1S/C12H16N6O/c1-7-5-9(11-13-6-14-18(7)11)15-12-16-10(17-19-12)8-3-2-4-8/h6-9H,2-5H2,1H3,(H,15,16,17). The average Bonchev–Trinajstić information content (AvgIpc) is 2.98. The highest BCUT2D eigenvalue weighted by molar-refractivity contribution is 5.26. The van der Waals surface area contributed by atoms with Crippen LogP contribution in [-0.4, -0.2) is 24.9 Å². The van der Waals surface area contributed by atoms with Crippen LogP contribution < -0.4 is 5.32 Å². The van der Waals surface area contributed by atoms with Crippen LogP contribution in [0.5, 0.6) is 0 Å². The summed E-state index contributed by atoms with van der Waals surface area (Å²) >= 11 is 0. The molecule has 1 aliphatic carbocycles. The monoisotopic (exact) mass is 260 g/mol. The molecule has 1 fully saturated rings. The van der Waals surface area contributed by atoms with Gasteiger partial charge in [0.15, 0.2) is 5.82 Å². The van der Waals surface area contributed by atoms with Crippen molar-refractivity contribution in [2.75, 3.05) is 5.32 Å². The molecule has 0 saturated heterocycles. The predicted molar refractivity (Wildman–Crippen MR) is 66.6 cm³/mol. The molecule has 2 aromatic heterocycles. The van der Waals surface area contributed by atoms with E-state index in [1.54, 1.807) is 6.33 Å². The van der Waals surface area contributed by atoms with Gasteiger partial charge in [0.2, 0.25) is 0 Å². The molecule has 1 aliphatic heterocycles. The summed E-state index contributed by atoms with van der Waals surface area (Å²) in [6, 6.07) is 0.951. The molecule has 100 valence electrons. The van der Waals surface area contributed by atoms with E-state index in [1.807, 2.05) is 4.68 Å². The molecular weight excluding hydrogens is 244 g/mol. The zero-order valence-electron chi connectivity index (χ0n) is 10.8. The van der Waals surface area contributed by atoms with Gasteiger partial charge in [0.05, 0.1) is 12.1 Å². The number of nitrogens with one attached hydrogen (secondary N) is 1. The van der Waals surface area contributed by atoms with Gasteiger partial charge in [0, 0.05) is 5.92 Å². The smallest absolute Gasteiger partial charge is 0.322 e. The van der Waals surface area contributed by atoms with Crippen LogP contribution >= 0.6 is 0 Å². The van der Waals surface area contributed by atoms with E-state index < -0.39 is 0 Å². The first-order chi connectivity index (χ1) is 9.31. The van der Waals surface area contributed by atoms with Crippen molar-refractivity contribution in [1.29, 1.82) is 0 Å². The molecule has 0 spiro atoms. The van der Waals surface area contributed by atoms with Crippen molar-refractivity contribution in [3.8, 4) is 0 Å². The van der Waals surface area contributed by atoms with Crippen molar-refractivity contribution in [2.24, 2.45) is 0 Å². The van der Waals surface area contributed by atoms with Gasteiger partial charge in [-0.25, -0.2) is 9.67 Å². The maximum atomic E-state index is 5.28. The van der Waals surface area contributed by atoms with E-state index in [1.165, 1.54) is 19.3 Å². The molecule has 4 rings (SSSR count). The summed E-state index contributed by atoms with van der Waals surface area (Å²) in [5, 5.41) is 11.5. The summed E-state index contributed by atoms with van der Waals surface area (Å²) < 4.78 is 7.23. The Labute approximate surface area is 110 Å². The Morgan fingerprint density at radius 2 is 2.32 bits per heavy atom. The Bertz CT molecular complexity index is 587. The maximum Gasteiger partial charge on any atom is 0.322 e. The zero-order chi connectivity index (χ0) is 12.8. The quantitative estimate of drug-likeness (QED) is 0.909. The van der Waals surface area contributed by atoms with Gasteiger partial charge in [-0.05, 0) is 26.2 Å². The molecule has 0 aromatic carbocycles. The van der Waals surface area contributed by atoms with Crippen molar-refractivity contribution < 1.29 is 4.52 Å². The van der Waals surface area contributed by atoms with Crippen LogP contribution in [0.25, 0.3) is 0 Å². The number of aromatic nitrogens is 5. The molecule has 19 heavy (non-hydrogen) atoms. The molecule has 7 heteroatoms.